The molecule has 4 aromatic rings. The number of anilines is 1. The van der Waals surface area contributed by atoms with Crippen molar-refractivity contribution in [3.63, 3.8) is 0 Å². The van der Waals surface area contributed by atoms with Crippen LogP contribution in [0.3, 0.4) is 0 Å². The normalized spacial score (nSPS) is 18.9. The van der Waals surface area contributed by atoms with Crippen molar-refractivity contribution in [3.05, 3.63) is 93.4 Å². The molecule has 3 nitrogen and oxygen atoms in total. The number of imidazole rings is 1. The van der Waals surface area contributed by atoms with Crippen LogP contribution in [0.4, 0.5) is 5.95 Å². The molecular formula is C22H17BrClN3. The molecule has 27 heavy (non-hydrogen) atoms. The summed E-state index contributed by atoms with van der Waals surface area (Å²) in [6.45, 7) is 0. The Bertz CT molecular complexity index is 1120. The van der Waals surface area contributed by atoms with Gasteiger partial charge in [-0.05, 0) is 53.9 Å². The van der Waals surface area contributed by atoms with Gasteiger partial charge in [-0.2, -0.15) is 0 Å². The molecule has 2 heterocycles. The topological polar surface area (TPSA) is 29.9 Å². The zero-order valence-electron chi connectivity index (χ0n) is 14.4. The van der Waals surface area contributed by atoms with Gasteiger partial charge in [-0.25, -0.2) is 4.98 Å². The zero-order valence-corrected chi connectivity index (χ0v) is 16.8. The van der Waals surface area contributed by atoms with Crippen LogP contribution in [0.5, 0.6) is 0 Å². The second-order valence-electron chi connectivity index (χ2n) is 6.85. The van der Waals surface area contributed by atoms with Crippen LogP contribution in [-0.4, -0.2) is 9.55 Å². The van der Waals surface area contributed by atoms with Crippen molar-refractivity contribution in [1.82, 2.24) is 9.55 Å². The first-order valence-electron chi connectivity index (χ1n) is 8.93. The maximum absolute atomic E-state index is 6.08. The lowest BCUT2D eigenvalue weighted by atomic mass is 9.93. The first-order chi connectivity index (χ1) is 13.2. The number of para-hydroxylation sites is 2. The quantitative estimate of drug-likeness (QED) is 0.382. The molecule has 1 aromatic heterocycles. The van der Waals surface area contributed by atoms with Gasteiger partial charge in [-0.3, -0.25) is 0 Å². The van der Waals surface area contributed by atoms with E-state index < -0.39 is 0 Å². The van der Waals surface area contributed by atoms with E-state index >= 15 is 0 Å². The Labute approximate surface area is 171 Å². The van der Waals surface area contributed by atoms with E-state index in [1.165, 1.54) is 11.1 Å². The fourth-order valence-corrected chi connectivity index (χ4v) is 4.46. The summed E-state index contributed by atoms with van der Waals surface area (Å²) in [5.74, 6) is 0.910. The predicted molar refractivity (Wildman–Crippen MR) is 114 cm³/mol. The summed E-state index contributed by atoms with van der Waals surface area (Å²) in [6.07, 6.45) is 0.936. The Hall–Kier alpha value is -2.30. The van der Waals surface area contributed by atoms with Crippen molar-refractivity contribution in [2.75, 3.05) is 5.32 Å². The first-order valence-corrected chi connectivity index (χ1v) is 10.1. The third-order valence-electron chi connectivity index (χ3n) is 5.18. The molecule has 2 unspecified atom stereocenters. The summed E-state index contributed by atoms with van der Waals surface area (Å²) in [5, 5.41) is 4.39. The standard InChI is InChI=1S/C22H17BrClN3/c23-16-5-3-4-15(12-16)21-13-19(14-8-10-17(24)11-9-14)26-22-25-18-6-1-2-7-20(18)27(21)22/h1-12,19,21H,13H2,(H,25,26). The maximum atomic E-state index is 6.08. The van der Waals surface area contributed by atoms with Gasteiger partial charge in [0.15, 0.2) is 0 Å². The number of fused-ring (bicyclic) bond motifs is 3. The minimum atomic E-state index is 0.176. The largest absolute Gasteiger partial charge is 0.349 e. The van der Waals surface area contributed by atoms with Crippen LogP contribution < -0.4 is 5.32 Å². The fraction of sp³-hybridized carbons (Fsp3) is 0.136. The third kappa shape index (κ3) is 3.03. The highest BCUT2D eigenvalue weighted by Crippen LogP contribution is 2.41. The molecule has 1 aliphatic heterocycles. The predicted octanol–water partition coefficient (Wildman–Crippen LogP) is 6.60. The summed E-state index contributed by atoms with van der Waals surface area (Å²) in [5.41, 5.74) is 4.66. The highest BCUT2D eigenvalue weighted by molar-refractivity contribution is 9.10. The number of nitrogens with zero attached hydrogens (tertiary/aromatic N) is 2. The van der Waals surface area contributed by atoms with E-state index in [1.54, 1.807) is 0 Å². The number of halogens is 2. The smallest absolute Gasteiger partial charge is 0.204 e. The monoisotopic (exact) mass is 437 g/mol. The SMILES string of the molecule is Clc1ccc(C2CC(c3cccc(Br)c3)n3c(nc4ccccc43)N2)cc1. The molecule has 1 aliphatic rings. The summed E-state index contributed by atoms with van der Waals surface area (Å²) < 4.78 is 3.41. The molecule has 2 atom stereocenters. The lowest BCUT2D eigenvalue weighted by Gasteiger charge is -2.33. The van der Waals surface area contributed by atoms with Crippen molar-refractivity contribution in [2.24, 2.45) is 0 Å². The van der Waals surface area contributed by atoms with E-state index in [2.05, 4.69) is 80.4 Å². The molecule has 0 bridgehead atoms. The van der Waals surface area contributed by atoms with E-state index in [9.17, 15) is 0 Å². The van der Waals surface area contributed by atoms with E-state index in [-0.39, 0.29) is 12.1 Å². The van der Waals surface area contributed by atoms with Crippen LogP contribution in [0.15, 0.2) is 77.3 Å². The summed E-state index contributed by atoms with van der Waals surface area (Å²) in [4.78, 5) is 4.86. The number of aromatic nitrogens is 2. The van der Waals surface area contributed by atoms with Gasteiger partial charge in [0.2, 0.25) is 5.95 Å². The van der Waals surface area contributed by atoms with Crippen molar-refractivity contribution >= 4 is 44.5 Å². The van der Waals surface area contributed by atoms with Crippen LogP contribution in [0.2, 0.25) is 5.02 Å². The summed E-state index contributed by atoms with van der Waals surface area (Å²) in [7, 11) is 0. The molecule has 0 aliphatic carbocycles. The lowest BCUT2D eigenvalue weighted by molar-refractivity contribution is 0.477. The first kappa shape index (κ1) is 16.8. The van der Waals surface area contributed by atoms with E-state index in [1.807, 2.05) is 18.2 Å². The third-order valence-corrected chi connectivity index (χ3v) is 5.92. The average Bonchev–Trinajstić information content (AvgIpc) is 3.06. The van der Waals surface area contributed by atoms with Crippen LogP contribution in [-0.2, 0) is 0 Å². The summed E-state index contributed by atoms with van der Waals surface area (Å²) >= 11 is 9.71. The van der Waals surface area contributed by atoms with Gasteiger partial charge in [0.05, 0.1) is 23.1 Å². The number of nitrogens with one attached hydrogen (secondary N) is 1. The fourth-order valence-electron chi connectivity index (χ4n) is 3.92. The van der Waals surface area contributed by atoms with Gasteiger partial charge in [0.1, 0.15) is 0 Å². The maximum Gasteiger partial charge on any atom is 0.204 e. The molecule has 134 valence electrons. The second kappa shape index (κ2) is 6.70. The molecule has 0 fully saturated rings. The van der Waals surface area contributed by atoms with E-state index in [0.29, 0.717) is 0 Å². The van der Waals surface area contributed by atoms with Crippen LogP contribution in [0.1, 0.15) is 29.6 Å². The van der Waals surface area contributed by atoms with E-state index in [4.69, 9.17) is 16.6 Å². The van der Waals surface area contributed by atoms with E-state index in [0.717, 1.165) is 32.9 Å². The number of hydrogen-bond acceptors (Lipinski definition) is 2. The van der Waals surface area contributed by atoms with Crippen molar-refractivity contribution in [2.45, 2.75) is 18.5 Å². The molecule has 1 N–H and O–H groups in total. The van der Waals surface area contributed by atoms with Crippen molar-refractivity contribution in [3.8, 4) is 0 Å². The molecule has 3 aromatic carbocycles. The molecule has 0 saturated carbocycles. The Morgan fingerprint density at radius 3 is 2.59 bits per heavy atom. The Morgan fingerprint density at radius 1 is 0.963 bits per heavy atom. The lowest BCUT2D eigenvalue weighted by Crippen LogP contribution is -2.27. The molecule has 0 saturated heterocycles. The highest BCUT2D eigenvalue weighted by Gasteiger charge is 2.31. The number of rotatable bonds is 2. The highest BCUT2D eigenvalue weighted by atomic mass is 79.9. The van der Waals surface area contributed by atoms with Gasteiger partial charge >= 0.3 is 0 Å². The van der Waals surface area contributed by atoms with Crippen molar-refractivity contribution in [1.29, 1.82) is 0 Å². The molecule has 0 radical (unpaired) electrons. The second-order valence-corrected chi connectivity index (χ2v) is 8.20. The molecule has 0 amide bonds. The van der Waals surface area contributed by atoms with Gasteiger partial charge in [0.25, 0.3) is 0 Å². The number of hydrogen-bond donors (Lipinski definition) is 1. The van der Waals surface area contributed by atoms with Crippen molar-refractivity contribution < 1.29 is 0 Å². The van der Waals surface area contributed by atoms with Gasteiger partial charge in [0, 0.05) is 9.50 Å². The molecule has 5 heteroatoms. The van der Waals surface area contributed by atoms with Crippen LogP contribution >= 0.6 is 27.5 Å². The number of benzene rings is 3. The molecule has 0 spiro atoms. The minimum absolute atomic E-state index is 0.176. The van der Waals surface area contributed by atoms with Gasteiger partial charge in [-0.15, -0.1) is 0 Å². The van der Waals surface area contributed by atoms with Crippen LogP contribution in [0.25, 0.3) is 11.0 Å². The van der Waals surface area contributed by atoms with Gasteiger partial charge in [-0.1, -0.05) is 63.9 Å². The Balaban J connectivity index is 1.67. The zero-order chi connectivity index (χ0) is 18.4. The summed E-state index contributed by atoms with van der Waals surface area (Å²) in [6, 6.07) is 25.3. The Kier molecular flexibility index (Phi) is 4.18. The van der Waals surface area contributed by atoms with Gasteiger partial charge < -0.3 is 9.88 Å². The van der Waals surface area contributed by atoms with Crippen LogP contribution in [0, 0.1) is 0 Å². The molecule has 5 rings (SSSR count). The molecular weight excluding hydrogens is 422 g/mol. The Morgan fingerprint density at radius 2 is 1.78 bits per heavy atom. The average molecular weight is 439 g/mol. The minimum Gasteiger partial charge on any atom is -0.349 e.